The van der Waals surface area contributed by atoms with E-state index in [0.717, 1.165) is 43.1 Å². The molecule has 0 unspecified atom stereocenters. The summed E-state index contributed by atoms with van der Waals surface area (Å²) in [4.78, 5) is 28.6. The number of aryl methyl sites for hydroxylation is 1. The van der Waals surface area contributed by atoms with Gasteiger partial charge in [-0.1, -0.05) is 44.2 Å². The Labute approximate surface area is 171 Å². The number of hydrogen-bond donors (Lipinski definition) is 0. The van der Waals surface area contributed by atoms with Gasteiger partial charge in [-0.15, -0.1) is 0 Å². The van der Waals surface area contributed by atoms with Crippen molar-refractivity contribution in [1.29, 1.82) is 0 Å². The van der Waals surface area contributed by atoms with Gasteiger partial charge in [-0.3, -0.25) is 14.3 Å². The number of carbonyl (C=O) groups is 1. The third-order valence-electron chi connectivity index (χ3n) is 5.46. The minimum atomic E-state index is -0.00301. The van der Waals surface area contributed by atoms with Crippen molar-refractivity contribution in [2.75, 3.05) is 6.54 Å². The molecule has 3 heterocycles. The van der Waals surface area contributed by atoms with Crippen LogP contribution in [0.2, 0.25) is 0 Å². The molecule has 0 radical (unpaired) electrons. The SMILES string of the molecule is CC(C)c1nccn1-c1cncc([C@@H]2CCCN2C(=O)CCc2ccccc2)n1. The number of amides is 1. The van der Waals surface area contributed by atoms with Crippen LogP contribution in [-0.2, 0) is 11.2 Å². The first-order chi connectivity index (χ1) is 14.1. The fraction of sp³-hybridized carbons (Fsp3) is 0.391. The van der Waals surface area contributed by atoms with Crippen molar-refractivity contribution in [2.24, 2.45) is 0 Å². The Kier molecular flexibility index (Phi) is 5.69. The van der Waals surface area contributed by atoms with Gasteiger partial charge in [0.1, 0.15) is 5.82 Å². The first-order valence-electron chi connectivity index (χ1n) is 10.3. The lowest BCUT2D eigenvalue weighted by Crippen LogP contribution is -2.31. The Morgan fingerprint density at radius 2 is 2.03 bits per heavy atom. The van der Waals surface area contributed by atoms with Gasteiger partial charge in [0.15, 0.2) is 5.82 Å². The van der Waals surface area contributed by atoms with Gasteiger partial charge in [0, 0.05) is 31.3 Å². The zero-order valence-electron chi connectivity index (χ0n) is 17.0. The van der Waals surface area contributed by atoms with Gasteiger partial charge < -0.3 is 4.90 Å². The quantitative estimate of drug-likeness (QED) is 0.637. The van der Waals surface area contributed by atoms with Crippen LogP contribution < -0.4 is 0 Å². The summed E-state index contributed by atoms with van der Waals surface area (Å²) in [5.74, 6) is 2.19. The van der Waals surface area contributed by atoms with Gasteiger partial charge in [0.05, 0.1) is 24.1 Å². The number of hydrogen-bond acceptors (Lipinski definition) is 4. The molecule has 4 rings (SSSR count). The third-order valence-corrected chi connectivity index (χ3v) is 5.46. The summed E-state index contributed by atoms with van der Waals surface area (Å²) < 4.78 is 1.98. The molecule has 0 aliphatic carbocycles. The van der Waals surface area contributed by atoms with Crippen LogP contribution in [0, 0.1) is 0 Å². The molecule has 29 heavy (non-hydrogen) atoms. The maximum atomic E-state index is 12.9. The van der Waals surface area contributed by atoms with E-state index in [9.17, 15) is 4.79 Å². The molecule has 1 saturated heterocycles. The van der Waals surface area contributed by atoms with Crippen LogP contribution in [0.5, 0.6) is 0 Å². The van der Waals surface area contributed by atoms with E-state index in [2.05, 4.69) is 35.9 Å². The summed E-state index contributed by atoms with van der Waals surface area (Å²) in [6, 6.07) is 10.2. The number of carbonyl (C=O) groups excluding carboxylic acids is 1. The maximum Gasteiger partial charge on any atom is 0.223 e. The number of benzene rings is 1. The lowest BCUT2D eigenvalue weighted by atomic mass is 10.1. The minimum absolute atomic E-state index is 0.00301. The molecule has 0 saturated carbocycles. The van der Waals surface area contributed by atoms with Gasteiger partial charge in [0.25, 0.3) is 0 Å². The number of likely N-dealkylation sites (tertiary alicyclic amines) is 1. The van der Waals surface area contributed by atoms with E-state index in [0.29, 0.717) is 6.42 Å². The van der Waals surface area contributed by atoms with Crippen LogP contribution in [0.4, 0.5) is 0 Å². The molecule has 0 spiro atoms. The normalized spacial score (nSPS) is 16.5. The monoisotopic (exact) mass is 389 g/mol. The second kappa shape index (κ2) is 8.55. The Balaban J connectivity index is 1.51. The third kappa shape index (κ3) is 4.21. The molecule has 1 amide bonds. The van der Waals surface area contributed by atoms with Crippen LogP contribution in [0.1, 0.15) is 62.2 Å². The van der Waals surface area contributed by atoms with Crippen LogP contribution in [0.25, 0.3) is 5.82 Å². The Bertz CT molecular complexity index is 966. The second-order valence-electron chi connectivity index (χ2n) is 7.84. The van der Waals surface area contributed by atoms with E-state index in [-0.39, 0.29) is 17.9 Å². The number of aromatic nitrogens is 4. The Hall–Kier alpha value is -3.02. The molecule has 150 valence electrons. The molecule has 1 aromatic carbocycles. The van der Waals surface area contributed by atoms with Crippen molar-refractivity contribution in [1.82, 2.24) is 24.4 Å². The zero-order chi connectivity index (χ0) is 20.2. The largest absolute Gasteiger partial charge is 0.334 e. The van der Waals surface area contributed by atoms with Crippen LogP contribution in [-0.4, -0.2) is 36.9 Å². The lowest BCUT2D eigenvalue weighted by molar-refractivity contribution is -0.132. The highest BCUT2D eigenvalue weighted by molar-refractivity contribution is 5.77. The molecule has 2 aromatic heterocycles. The van der Waals surface area contributed by atoms with E-state index < -0.39 is 0 Å². The van der Waals surface area contributed by atoms with E-state index in [1.807, 2.05) is 33.9 Å². The van der Waals surface area contributed by atoms with Crippen molar-refractivity contribution < 1.29 is 4.79 Å². The average Bonchev–Trinajstić information content (AvgIpc) is 3.42. The Morgan fingerprint density at radius 1 is 1.21 bits per heavy atom. The van der Waals surface area contributed by atoms with Gasteiger partial charge in [-0.2, -0.15) is 0 Å². The molecule has 1 fully saturated rings. The van der Waals surface area contributed by atoms with Gasteiger partial charge >= 0.3 is 0 Å². The summed E-state index contributed by atoms with van der Waals surface area (Å²) in [6.07, 6.45) is 10.5. The highest BCUT2D eigenvalue weighted by atomic mass is 16.2. The highest BCUT2D eigenvalue weighted by Gasteiger charge is 2.31. The predicted molar refractivity (Wildman–Crippen MR) is 112 cm³/mol. The summed E-state index contributed by atoms with van der Waals surface area (Å²) in [6.45, 7) is 5.01. The van der Waals surface area contributed by atoms with E-state index in [1.54, 1.807) is 18.6 Å². The first kappa shape index (κ1) is 19.3. The number of nitrogens with zero attached hydrogens (tertiary/aromatic N) is 5. The summed E-state index contributed by atoms with van der Waals surface area (Å²) in [5.41, 5.74) is 2.05. The predicted octanol–water partition coefficient (Wildman–Crippen LogP) is 4.08. The van der Waals surface area contributed by atoms with E-state index in [4.69, 9.17) is 4.98 Å². The highest BCUT2D eigenvalue weighted by Crippen LogP contribution is 2.31. The zero-order valence-corrected chi connectivity index (χ0v) is 17.0. The smallest absolute Gasteiger partial charge is 0.223 e. The van der Waals surface area contributed by atoms with Crippen LogP contribution in [0.3, 0.4) is 0 Å². The van der Waals surface area contributed by atoms with Crippen molar-refractivity contribution in [3.8, 4) is 5.82 Å². The second-order valence-corrected chi connectivity index (χ2v) is 7.84. The fourth-order valence-corrected chi connectivity index (χ4v) is 4.00. The fourth-order valence-electron chi connectivity index (χ4n) is 4.00. The summed E-state index contributed by atoms with van der Waals surface area (Å²) >= 11 is 0. The Morgan fingerprint density at radius 3 is 2.83 bits per heavy atom. The van der Waals surface area contributed by atoms with Crippen molar-refractivity contribution in [3.63, 3.8) is 0 Å². The molecule has 0 bridgehead atoms. The molecule has 3 aromatic rings. The van der Waals surface area contributed by atoms with Crippen LogP contribution >= 0.6 is 0 Å². The van der Waals surface area contributed by atoms with Crippen LogP contribution in [0.15, 0.2) is 55.1 Å². The topological polar surface area (TPSA) is 63.9 Å². The molecule has 6 heteroatoms. The van der Waals surface area contributed by atoms with Crippen molar-refractivity contribution in [3.05, 3.63) is 72.2 Å². The lowest BCUT2D eigenvalue weighted by Gasteiger charge is -2.24. The molecular formula is C23H27N5O. The number of rotatable bonds is 6. The summed E-state index contributed by atoms with van der Waals surface area (Å²) in [5, 5.41) is 0. The van der Waals surface area contributed by atoms with Gasteiger partial charge in [-0.25, -0.2) is 9.97 Å². The molecule has 6 nitrogen and oxygen atoms in total. The minimum Gasteiger partial charge on any atom is -0.334 e. The maximum absolute atomic E-state index is 12.9. The average molecular weight is 390 g/mol. The molecule has 1 atom stereocenters. The van der Waals surface area contributed by atoms with Crippen molar-refractivity contribution >= 4 is 5.91 Å². The summed E-state index contributed by atoms with van der Waals surface area (Å²) in [7, 11) is 0. The van der Waals surface area contributed by atoms with Gasteiger partial charge in [-0.05, 0) is 24.8 Å². The molecule has 0 N–H and O–H groups in total. The molecular weight excluding hydrogens is 362 g/mol. The van der Waals surface area contributed by atoms with Crippen molar-refractivity contribution in [2.45, 2.75) is 51.5 Å². The van der Waals surface area contributed by atoms with Gasteiger partial charge in [0.2, 0.25) is 5.91 Å². The number of imidazole rings is 1. The van der Waals surface area contributed by atoms with E-state index in [1.165, 1.54) is 5.56 Å². The van der Waals surface area contributed by atoms with E-state index >= 15 is 0 Å². The molecule has 1 aliphatic heterocycles. The first-order valence-corrected chi connectivity index (χ1v) is 10.3. The standard InChI is InChI=1S/C23H27N5O/c1-17(2)23-25-12-14-28(23)21-16-24-15-19(26-21)20-9-6-13-27(20)22(29)11-10-18-7-4-3-5-8-18/h3-5,7-8,12,14-17,20H,6,9-11,13H2,1-2H3/t20-/m0/s1. The molecule has 1 aliphatic rings.